The lowest BCUT2D eigenvalue weighted by Gasteiger charge is -2.29. The van der Waals surface area contributed by atoms with Gasteiger partial charge in [-0.3, -0.25) is 4.79 Å². The molecule has 1 N–H and O–H groups in total. The summed E-state index contributed by atoms with van der Waals surface area (Å²) in [7, 11) is 0. The van der Waals surface area contributed by atoms with E-state index in [2.05, 4.69) is 15.2 Å². The number of nitrogens with one attached hydrogen (secondary N) is 1. The molecule has 2 aromatic rings. The van der Waals surface area contributed by atoms with Gasteiger partial charge in [0.2, 0.25) is 6.79 Å². The minimum absolute atomic E-state index is 0.105. The smallest absolute Gasteiger partial charge is 0.255 e. The van der Waals surface area contributed by atoms with Crippen molar-refractivity contribution in [1.29, 1.82) is 0 Å². The lowest BCUT2D eigenvalue weighted by molar-refractivity contribution is 0.0951. The van der Waals surface area contributed by atoms with Gasteiger partial charge in [-0.15, -0.1) is 0 Å². The van der Waals surface area contributed by atoms with E-state index >= 15 is 0 Å². The van der Waals surface area contributed by atoms with E-state index in [0.717, 1.165) is 48.8 Å². The average molecular weight is 339 g/mol. The molecular formula is C19H21N3O3. The van der Waals surface area contributed by atoms with Crippen LogP contribution < -0.4 is 19.7 Å². The van der Waals surface area contributed by atoms with E-state index in [9.17, 15) is 4.79 Å². The topological polar surface area (TPSA) is 63.7 Å². The molecule has 2 aliphatic rings. The third-order valence-electron chi connectivity index (χ3n) is 4.58. The molecule has 0 unspecified atom stereocenters. The lowest BCUT2D eigenvalue weighted by Crippen LogP contribution is -2.33. The Hall–Kier alpha value is -2.76. The molecule has 0 bridgehead atoms. The summed E-state index contributed by atoms with van der Waals surface area (Å²) in [5.74, 6) is 2.15. The summed E-state index contributed by atoms with van der Waals surface area (Å²) in [6.45, 7) is 2.60. The molecule has 130 valence electrons. The molecule has 1 fully saturated rings. The number of fused-ring (bicyclic) bond motifs is 1. The Labute approximate surface area is 146 Å². The molecule has 0 spiro atoms. The highest BCUT2D eigenvalue weighted by molar-refractivity contribution is 5.98. The maximum atomic E-state index is 12.7. The van der Waals surface area contributed by atoms with Gasteiger partial charge in [-0.1, -0.05) is 6.07 Å². The lowest BCUT2D eigenvalue weighted by atomic mass is 10.1. The minimum atomic E-state index is -0.105. The fourth-order valence-electron chi connectivity index (χ4n) is 3.26. The number of piperidine rings is 1. The Bertz CT molecular complexity index is 772. The van der Waals surface area contributed by atoms with E-state index in [1.165, 1.54) is 6.42 Å². The van der Waals surface area contributed by atoms with Crippen LogP contribution in [0.2, 0.25) is 0 Å². The predicted molar refractivity (Wildman–Crippen MR) is 94.0 cm³/mol. The zero-order chi connectivity index (χ0) is 17.1. The quantitative estimate of drug-likeness (QED) is 0.928. The number of hydrogen-bond acceptors (Lipinski definition) is 5. The highest BCUT2D eigenvalue weighted by Gasteiger charge is 2.20. The van der Waals surface area contributed by atoms with Crippen molar-refractivity contribution in [3.63, 3.8) is 0 Å². The van der Waals surface area contributed by atoms with Crippen molar-refractivity contribution in [2.75, 3.05) is 24.8 Å². The number of hydrogen-bond donors (Lipinski definition) is 1. The Morgan fingerprint density at radius 2 is 1.96 bits per heavy atom. The normalized spacial score (nSPS) is 15.9. The van der Waals surface area contributed by atoms with Gasteiger partial charge in [-0.25, -0.2) is 4.98 Å². The highest BCUT2D eigenvalue weighted by Crippen LogP contribution is 2.32. The van der Waals surface area contributed by atoms with Crippen molar-refractivity contribution in [3.05, 3.63) is 47.7 Å². The first-order valence-electron chi connectivity index (χ1n) is 8.68. The molecule has 4 rings (SSSR count). The van der Waals surface area contributed by atoms with Gasteiger partial charge in [0, 0.05) is 25.8 Å². The van der Waals surface area contributed by atoms with Crippen LogP contribution >= 0.6 is 0 Å². The predicted octanol–water partition coefficient (Wildman–Crippen LogP) is 2.73. The Kier molecular flexibility index (Phi) is 4.41. The Morgan fingerprint density at radius 1 is 1.12 bits per heavy atom. The van der Waals surface area contributed by atoms with Crippen LogP contribution in [-0.4, -0.2) is 30.8 Å². The van der Waals surface area contributed by atoms with Crippen LogP contribution in [-0.2, 0) is 6.54 Å². The van der Waals surface area contributed by atoms with Gasteiger partial charge in [0.15, 0.2) is 11.5 Å². The van der Waals surface area contributed by atoms with E-state index in [4.69, 9.17) is 9.47 Å². The number of ether oxygens (including phenoxy) is 2. The van der Waals surface area contributed by atoms with Gasteiger partial charge in [0.05, 0.1) is 5.56 Å². The van der Waals surface area contributed by atoms with Crippen molar-refractivity contribution in [3.8, 4) is 11.5 Å². The monoisotopic (exact) mass is 339 g/mol. The minimum Gasteiger partial charge on any atom is -0.454 e. The van der Waals surface area contributed by atoms with E-state index in [-0.39, 0.29) is 12.7 Å². The second kappa shape index (κ2) is 7.01. The summed E-state index contributed by atoms with van der Waals surface area (Å²) in [5, 5.41) is 2.98. The number of carbonyl (C=O) groups is 1. The summed E-state index contributed by atoms with van der Waals surface area (Å²) in [5.41, 5.74) is 1.60. The first-order chi connectivity index (χ1) is 12.3. The van der Waals surface area contributed by atoms with Gasteiger partial charge in [0.1, 0.15) is 5.82 Å². The maximum Gasteiger partial charge on any atom is 0.255 e. The summed E-state index contributed by atoms with van der Waals surface area (Å²) in [6.07, 6.45) is 5.29. The van der Waals surface area contributed by atoms with Crippen LogP contribution in [0.1, 0.15) is 35.2 Å². The zero-order valence-corrected chi connectivity index (χ0v) is 14.0. The number of aromatic nitrogens is 1. The molecule has 0 saturated carbocycles. The van der Waals surface area contributed by atoms with Crippen molar-refractivity contribution >= 4 is 11.7 Å². The molecule has 1 aromatic heterocycles. The SMILES string of the molecule is O=C(NCc1ccc2c(c1)OCO2)c1cccnc1N1CCCCC1. The summed E-state index contributed by atoms with van der Waals surface area (Å²) in [6, 6.07) is 9.35. The molecule has 1 saturated heterocycles. The summed E-state index contributed by atoms with van der Waals surface area (Å²) >= 11 is 0. The van der Waals surface area contributed by atoms with Gasteiger partial charge >= 0.3 is 0 Å². The average Bonchev–Trinajstić information content (AvgIpc) is 3.14. The van der Waals surface area contributed by atoms with Crippen LogP contribution in [0.5, 0.6) is 11.5 Å². The van der Waals surface area contributed by atoms with Crippen molar-refractivity contribution in [2.24, 2.45) is 0 Å². The Balaban J connectivity index is 1.46. The standard InChI is InChI=1S/C19H21N3O3/c23-19(21-12-14-6-7-16-17(11-14)25-13-24-16)15-5-4-8-20-18(15)22-9-2-1-3-10-22/h4-8,11H,1-3,9-10,12-13H2,(H,21,23). The third kappa shape index (κ3) is 3.38. The van der Waals surface area contributed by atoms with Crippen molar-refractivity contribution in [1.82, 2.24) is 10.3 Å². The molecule has 1 amide bonds. The summed E-state index contributed by atoms with van der Waals surface area (Å²) < 4.78 is 10.7. The van der Waals surface area contributed by atoms with Crippen molar-refractivity contribution < 1.29 is 14.3 Å². The largest absolute Gasteiger partial charge is 0.454 e. The van der Waals surface area contributed by atoms with E-state index < -0.39 is 0 Å². The van der Waals surface area contributed by atoms with Crippen LogP contribution in [0.25, 0.3) is 0 Å². The molecule has 6 heteroatoms. The van der Waals surface area contributed by atoms with E-state index in [0.29, 0.717) is 12.1 Å². The summed E-state index contributed by atoms with van der Waals surface area (Å²) in [4.78, 5) is 19.3. The van der Waals surface area contributed by atoms with E-state index in [1.54, 1.807) is 6.20 Å². The molecule has 25 heavy (non-hydrogen) atoms. The van der Waals surface area contributed by atoms with Crippen LogP contribution in [0.3, 0.4) is 0 Å². The zero-order valence-electron chi connectivity index (χ0n) is 14.0. The molecule has 0 radical (unpaired) electrons. The fourth-order valence-corrected chi connectivity index (χ4v) is 3.26. The number of anilines is 1. The van der Waals surface area contributed by atoms with Crippen LogP contribution in [0, 0.1) is 0 Å². The number of amides is 1. The van der Waals surface area contributed by atoms with Gasteiger partial charge in [-0.05, 0) is 49.1 Å². The molecule has 6 nitrogen and oxygen atoms in total. The molecule has 1 aromatic carbocycles. The van der Waals surface area contributed by atoms with Gasteiger partial charge in [0.25, 0.3) is 5.91 Å². The number of benzene rings is 1. The fraction of sp³-hybridized carbons (Fsp3) is 0.368. The molecule has 2 aliphatic heterocycles. The van der Waals surface area contributed by atoms with Gasteiger partial charge < -0.3 is 19.7 Å². The van der Waals surface area contributed by atoms with Gasteiger partial charge in [-0.2, -0.15) is 0 Å². The number of rotatable bonds is 4. The number of pyridine rings is 1. The number of carbonyl (C=O) groups excluding carboxylic acids is 1. The molecule has 3 heterocycles. The van der Waals surface area contributed by atoms with Crippen molar-refractivity contribution in [2.45, 2.75) is 25.8 Å². The molecule has 0 aliphatic carbocycles. The maximum absolute atomic E-state index is 12.7. The number of nitrogens with zero attached hydrogens (tertiary/aromatic N) is 2. The first-order valence-corrected chi connectivity index (χ1v) is 8.68. The molecular weight excluding hydrogens is 318 g/mol. The second-order valence-corrected chi connectivity index (χ2v) is 6.29. The Morgan fingerprint density at radius 3 is 2.84 bits per heavy atom. The first kappa shape index (κ1) is 15.7. The second-order valence-electron chi connectivity index (χ2n) is 6.29. The molecule has 0 atom stereocenters. The van der Waals surface area contributed by atoms with E-state index in [1.807, 2.05) is 30.3 Å². The van der Waals surface area contributed by atoms with Crippen LogP contribution in [0.4, 0.5) is 5.82 Å². The third-order valence-corrected chi connectivity index (χ3v) is 4.58. The highest BCUT2D eigenvalue weighted by atomic mass is 16.7. The van der Waals surface area contributed by atoms with Crippen LogP contribution in [0.15, 0.2) is 36.5 Å².